The van der Waals surface area contributed by atoms with Crippen LogP contribution in [0.2, 0.25) is 0 Å². The highest BCUT2D eigenvalue weighted by Crippen LogP contribution is 2.14. The van der Waals surface area contributed by atoms with Crippen molar-refractivity contribution in [3.63, 3.8) is 0 Å². The van der Waals surface area contributed by atoms with Crippen LogP contribution in [0.5, 0.6) is 0 Å². The van der Waals surface area contributed by atoms with Gasteiger partial charge in [0.25, 0.3) is 0 Å². The fourth-order valence-electron chi connectivity index (χ4n) is 2.22. The molecule has 0 bridgehead atoms. The molecule has 0 fully saturated rings. The van der Waals surface area contributed by atoms with E-state index in [0.717, 1.165) is 17.5 Å². The lowest BCUT2D eigenvalue weighted by Crippen LogP contribution is -2.21. The van der Waals surface area contributed by atoms with Gasteiger partial charge < -0.3 is 15.9 Å². The molecule has 0 aromatic heterocycles. The molecule has 28 heavy (non-hydrogen) atoms. The maximum absolute atomic E-state index is 11.0. The summed E-state index contributed by atoms with van der Waals surface area (Å²) in [7, 11) is 0. The monoisotopic (exact) mass is 395 g/mol. The van der Waals surface area contributed by atoms with E-state index in [1.165, 1.54) is 5.56 Å². The number of aryl methyl sites for hydroxylation is 1. The van der Waals surface area contributed by atoms with Gasteiger partial charge in [0, 0.05) is 6.04 Å². The molecule has 0 aliphatic rings. The molecule has 0 radical (unpaired) electrons. The number of alkyl halides is 3. The smallest absolute Gasteiger partial charge is 0.478 e. The quantitative estimate of drug-likeness (QED) is 0.713. The van der Waals surface area contributed by atoms with E-state index in [-0.39, 0.29) is 6.04 Å². The third kappa shape index (κ3) is 8.05. The molecule has 0 aliphatic carbocycles. The Labute approximate surface area is 159 Å². The van der Waals surface area contributed by atoms with Crippen molar-refractivity contribution in [2.45, 2.75) is 25.6 Å². The maximum atomic E-state index is 11.0. The van der Waals surface area contributed by atoms with E-state index in [4.69, 9.17) is 20.7 Å². The van der Waals surface area contributed by atoms with E-state index in [9.17, 15) is 18.0 Å². The molecule has 4 N–H and O–H groups in total. The number of aliphatic carboxylic acids is 1. The number of aromatic carboxylic acids is 1. The van der Waals surface area contributed by atoms with Crippen LogP contribution in [0, 0.1) is 6.92 Å². The van der Waals surface area contributed by atoms with Gasteiger partial charge in [-0.25, -0.2) is 9.59 Å². The summed E-state index contributed by atoms with van der Waals surface area (Å²) in [5, 5.41) is 16.1. The zero-order chi connectivity index (χ0) is 21.3. The van der Waals surface area contributed by atoms with E-state index in [2.05, 4.69) is 12.1 Å². The second kappa shape index (κ2) is 10.3. The van der Waals surface area contributed by atoms with Crippen molar-refractivity contribution in [3.8, 4) is 0 Å². The number of hydrogen-bond acceptors (Lipinski definition) is 3. The molecule has 2 rings (SSSR count). The lowest BCUT2D eigenvalue weighted by Gasteiger charge is -2.07. The first kappa shape index (κ1) is 22.9. The number of benzene rings is 2. The molecule has 0 aliphatic heterocycles. The van der Waals surface area contributed by atoms with Crippen LogP contribution in [0.1, 0.15) is 27.0 Å². The molecule has 150 valence electrons. The van der Waals surface area contributed by atoms with Gasteiger partial charge in [-0.15, -0.1) is 0 Å². The zero-order valence-electron chi connectivity index (χ0n) is 15.0. The number of halogens is 3. The van der Waals surface area contributed by atoms with Gasteiger partial charge in [-0.2, -0.15) is 13.2 Å². The van der Waals surface area contributed by atoms with E-state index in [0.29, 0.717) is 5.56 Å². The Bertz CT molecular complexity index is 833. The summed E-state index contributed by atoms with van der Waals surface area (Å²) in [6.45, 7) is 1.80. The van der Waals surface area contributed by atoms with Gasteiger partial charge in [0.05, 0.1) is 5.56 Å². The molecule has 0 amide bonds. The van der Waals surface area contributed by atoms with Crippen LogP contribution in [0.3, 0.4) is 0 Å². The van der Waals surface area contributed by atoms with E-state index >= 15 is 0 Å². The second-order valence-corrected chi connectivity index (χ2v) is 5.90. The van der Waals surface area contributed by atoms with Crippen LogP contribution < -0.4 is 5.73 Å². The second-order valence-electron chi connectivity index (χ2n) is 5.90. The highest BCUT2D eigenvalue weighted by atomic mass is 19.4. The zero-order valence-corrected chi connectivity index (χ0v) is 15.0. The number of nitrogens with two attached hydrogens (primary N) is 1. The van der Waals surface area contributed by atoms with Crippen LogP contribution in [-0.2, 0) is 11.2 Å². The minimum absolute atomic E-state index is 0.0631. The van der Waals surface area contributed by atoms with Gasteiger partial charge in [-0.1, -0.05) is 54.6 Å². The Hall–Kier alpha value is -3.13. The molecule has 0 saturated heterocycles. The Morgan fingerprint density at radius 1 is 1.11 bits per heavy atom. The van der Waals surface area contributed by atoms with Crippen molar-refractivity contribution < 1.29 is 33.0 Å². The minimum atomic E-state index is -5.08. The van der Waals surface area contributed by atoms with Crippen LogP contribution in [-0.4, -0.2) is 34.4 Å². The molecule has 5 nitrogen and oxygen atoms in total. The summed E-state index contributed by atoms with van der Waals surface area (Å²) in [6.07, 6.45) is -0.419. The van der Waals surface area contributed by atoms with Crippen LogP contribution >= 0.6 is 0 Å². The fraction of sp³-hybridized carbons (Fsp3) is 0.200. The number of carbonyl (C=O) groups is 2. The first-order valence-corrected chi connectivity index (χ1v) is 8.12. The molecule has 0 saturated carbocycles. The Kier molecular flexibility index (Phi) is 8.40. The van der Waals surface area contributed by atoms with Crippen molar-refractivity contribution in [2.75, 3.05) is 0 Å². The molecule has 0 unspecified atom stereocenters. The van der Waals surface area contributed by atoms with E-state index in [1.807, 2.05) is 36.4 Å². The van der Waals surface area contributed by atoms with Gasteiger partial charge in [0.1, 0.15) is 0 Å². The highest BCUT2D eigenvalue weighted by molar-refractivity contribution is 5.89. The van der Waals surface area contributed by atoms with Crippen molar-refractivity contribution in [3.05, 3.63) is 76.9 Å². The number of carboxylic acid groups (broad SMARTS) is 2. The SMILES string of the molecule is Cc1cc(C=C[C@@H](N)Cc2ccccc2)ccc1C(=O)O.O=C(O)C(F)(F)F. The van der Waals surface area contributed by atoms with Crippen LogP contribution in [0.25, 0.3) is 6.08 Å². The summed E-state index contributed by atoms with van der Waals surface area (Å²) < 4.78 is 31.7. The average molecular weight is 395 g/mol. The number of rotatable bonds is 5. The third-order valence-electron chi connectivity index (χ3n) is 3.57. The predicted molar refractivity (Wildman–Crippen MR) is 99.0 cm³/mol. The number of carboxylic acids is 2. The molecule has 8 heteroatoms. The highest BCUT2D eigenvalue weighted by Gasteiger charge is 2.38. The largest absolute Gasteiger partial charge is 0.490 e. The van der Waals surface area contributed by atoms with E-state index in [1.54, 1.807) is 19.1 Å². The molecule has 0 spiro atoms. The lowest BCUT2D eigenvalue weighted by molar-refractivity contribution is -0.192. The van der Waals surface area contributed by atoms with Crippen molar-refractivity contribution >= 4 is 18.0 Å². The standard InChI is InChI=1S/C18H19NO2.C2HF3O2/c1-13-11-15(8-10-17(13)18(20)21)7-9-16(19)12-14-5-3-2-4-6-14;3-2(4,5)1(6)7/h2-11,16H,12,19H2,1H3,(H,20,21);(H,6,7)/t16-;/m1./s1. The van der Waals surface area contributed by atoms with Crippen LogP contribution in [0.15, 0.2) is 54.6 Å². The average Bonchev–Trinajstić information content (AvgIpc) is 2.60. The predicted octanol–water partition coefficient (Wildman–Crippen LogP) is 3.91. The van der Waals surface area contributed by atoms with Crippen LogP contribution in [0.4, 0.5) is 13.2 Å². The molecule has 1 atom stereocenters. The van der Waals surface area contributed by atoms with Crippen molar-refractivity contribution in [1.29, 1.82) is 0 Å². The summed E-state index contributed by atoms with van der Waals surface area (Å²) in [5.41, 5.74) is 9.33. The molecule has 2 aromatic carbocycles. The Morgan fingerprint density at radius 3 is 2.14 bits per heavy atom. The number of hydrogen-bond donors (Lipinski definition) is 3. The topological polar surface area (TPSA) is 101 Å². The summed E-state index contributed by atoms with van der Waals surface area (Å²) in [4.78, 5) is 19.9. The Morgan fingerprint density at radius 2 is 1.68 bits per heavy atom. The van der Waals surface area contributed by atoms with Gasteiger partial charge in [0.15, 0.2) is 0 Å². The molecular weight excluding hydrogens is 375 g/mol. The van der Waals surface area contributed by atoms with Gasteiger partial charge >= 0.3 is 18.1 Å². The minimum Gasteiger partial charge on any atom is -0.478 e. The third-order valence-corrected chi connectivity index (χ3v) is 3.57. The Balaban J connectivity index is 0.000000480. The molecule has 2 aromatic rings. The van der Waals surface area contributed by atoms with Gasteiger partial charge in [-0.05, 0) is 36.1 Å². The lowest BCUT2D eigenvalue weighted by atomic mass is 10.0. The van der Waals surface area contributed by atoms with Crippen molar-refractivity contribution in [1.82, 2.24) is 0 Å². The van der Waals surface area contributed by atoms with Crippen molar-refractivity contribution in [2.24, 2.45) is 5.73 Å². The van der Waals surface area contributed by atoms with E-state index < -0.39 is 18.1 Å². The molecule has 0 heterocycles. The fourth-order valence-corrected chi connectivity index (χ4v) is 2.22. The first-order valence-electron chi connectivity index (χ1n) is 8.12. The normalized spacial score (nSPS) is 12.2. The molecular formula is C20H20F3NO4. The van der Waals surface area contributed by atoms with Gasteiger partial charge in [-0.3, -0.25) is 0 Å². The van der Waals surface area contributed by atoms with Gasteiger partial charge in [0.2, 0.25) is 0 Å². The first-order chi connectivity index (χ1) is 13.0. The summed E-state index contributed by atoms with van der Waals surface area (Å²) in [5.74, 6) is -3.66. The summed E-state index contributed by atoms with van der Waals surface area (Å²) in [6, 6.07) is 15.3. The summed E-state index contributed by atoms with van der Waals surface area (Å²) >= 11 is 0. The maximum Gasteiger partial charge on any atom is 0.490 e.